The molecule has 0 amide bonds. The van der Waals surface area contributed by atoms with Gasteiger partial charge in [0, 0.05) is 0 Å². The first-order valence-electron chi connectivity index (χ1n) is 11.8. The van der Waals surface area contributed by atoms with Gasteiger partial charge >= 0.3 is 0 Å². The molecule has 0 spiro atoms. The lowest BCUT2D eigenvalue weighted by Gasteiger charge is -2.37. The molecular formula is C26H36F2O. The SMILES string of the molecule is Cc1cc(C)c(OCC2=CCC(C3CCC(C4CCCC4)CC3)CC2)c(F)c1F. The molecule has 2 fully saturated rings. The summed E-state index contributed by atoms with van der Waals surface area (Å²) < 4.78 is 33.8. The lowest BCUT2D eigenvalue weighted by Crippen LogP contribution is -2.26. The van der Waals surface area contributed by atoms with Crippen LogP contribution in [0.2, 0.25) is 0 Å². The van der Waals surface area contributed by atoms with Crippen molar-refractivity contribution in [1.29, 1.82) is 0 Å². The minimum atomic E-state index is -0.851. The maximum atomic E-state index is 14.2. The molecule has 160 valence electrons. The quantitative estimate of drug-likeness (QED) is 0.459. The summed E-state index contributed by atoms with van der Waals surface area (Å²) in [7, 11) is 0. The third-order valence-electron chi connectivity index (χ3n) is 8.03. The monoisotopic (exact) mass is 402 g/mol. The number of hydrogen-bond donors (Lipinski definition) is 0. The van der Waals surface area contributed by atoms with Gasteiger partial charge in [0.15, 0.2) is 11.6 Å². The number of hydrogen-bond acceptors (Lipinski definition) is 1. The van der Waals surface area contributed by atoms with Gasteiger partial charge in [0.1, 0.15) is 6.61 Å². The first kappa shape index (κ1) is 20.9. The molecule has 1 atom stereocenters. The molecule has 2 saturated carbocycles. The van der Waals surface area contributed by atoms with Gasteiger partial charge in [-0.2, -0.15) is 4.39 Å². The van der Waals surface area contributed by atoms with E-state index in [1.54, 1.807) is 19.9 Å². The van der Waals surface area contributed by atoms with Gasteiger partial charge in [-0.05, 0) is 105 Å². The number of halogens is 2. The second kappa shape index (κ2) is 9.18. The van der Waals surface area contributed by atoms with E-state index in [2.05, 4.69) is 6.08 Å². The Labute approximate surface area is 174 Å². The second-order valence-corrected chi connectivity index (χ2v) is 9.87. The Balaban J connectivity index is 1.27. The van der Waals surface area contributed by atoms with Gasteiger partial charge in [-0.1, -0.05) is 31.8 Å². The molecule has 0 aliphatic heterocycles. The van der Waals surface area contributed by atoms with Gasteiger partial charge in [0.05, 0.1) is 0 Å². The Morgan fingerprint density at radius 1 is 0.793 bits per heavy atom. The Kier molecular flexibility index (Phi) is 6.61. The number of ether oxygens (including phenoxy) is 1. The Morgan fingerprint density at radius 2 is 1.41 bits per heavy atom. The van der Waals surface area contributed by atoms with Crippen LogP contribution in [0.1, 0.15) is 81.8 Å². The maximum Gasteiger partial charge on any atom is 0.201 e. The predicted octanol–water partition coefficient (Wildman–Crippen LogP) is 7.68. The summed E-state index contributed by atoms with van der Waals surface area (Å²) in [5.41, 5.74) is 2.23. The summed E-state index contributed by atoms with van der Waals surface area (Å²) in [6, 6.07) is 1.65. The minimum Gasteiger partial charge on any atom is -0.486 e. The van der Waals surface area contributed by atoms with Crippen LogP contribution < -0.4 is 4.74 Å². The molecule has 1 unspecified atom stereocenters. The molecule has 1 aromatic carbocycles. The fourth-order valence-electron chi connectivity index (χ4n) is 6.23. The van der Waals surface area contributed by atoms with E-state index in [4.69, 9.17) is 4.74 Å². The van der Waals surface area contributed by atoms with Crippen molar-refractivity contribution in [1.82, 2.24) is 0 Å². The summed E-state index contributed by atoms with van der Waals surface area (Å²) in [4.78, 5) is 0. The molecule has 1 aromatic rings. The van der Waals surface area contributed by atoms with Crippen molar-refractivity contribution in [2.24, 2.45) is 23.7 Å². The maximum absolute atomic E-state index is 14.2. The van der Waals surface area contributed by atoms with E-state index in [0.29, 0.717) is 17.7 Å². The molecule has 0 heterocycles. The summed E-state index contributed by atoms with van der Waals surface area (Å²) in [5, 5.41) is 0. The van der Waals surface area contributed by atoms with Crippen molar-refractivity contribution >= 4 is 0 Å². The third-order valence-corrected chi connectivity index (χ3v) is 8.03. The van der Waals surface area contributed by atoms with E-state index in [-0.39, 0.29) is 5.75 Å². The van der Waals surface area contributed by atoms with Crippen LogP contribution in [0.15, 0.2) is 17.7 Å². The van der Waals surface area contributed by atoms with E-state index < -0.39 is 11.6 Å². The molecular weight excluding hydrogens is 366 g/mol. The van der Waals surface area contributed by atoms with Gasteiger partial charge in [-0.3, -0.25) is 0 Å². The average Bonchev–Trinajstić information content (AvgIpc) is 3.28. The van der Waals surface area contributed by atoms with Crippen LogP contribution in [-0.2, 0) is 0 Å². The first-order valence-corrected chi connectivity index (χ1v) is 11.8. The summed E-state index contributed by atoms with van der Waals surface area (Å²) in [6.45, 7) is 3.74. The molecule has 29 heavy (non-hydrogen) atoms. The van der Waals surface area contributed by atoms with Gasteiger partial charge in [-0.25, -0.2) is 4.39 Å². The number of rotatable bonds is 5. The van der Waals surface area contributed by atoms with Gasteiger partial charge in [0.25, 0.3) is 0 Å². The molecule has 3 aliphatic rings. The number of benzene rings is 1. The molecule has 0 aromatic heterocycles. The van der Waals surface area contributed by atoms with Crippen LogP contribution in [-0.4, -0.2) is 6.61 Å². The second-order valence-electron chi connectivity index (χ2n) is 9.87. The molecule has 0 bridgehead atoms. The van der Waals surface area contributed by atoms with Gasteiger partial charge in [-0.15, -0.1) is 0 Å². The van der Waals surface area contributed by atoms with Crippen molar-refractivity contribution in [2.75, 3.05) is 6.61 Å². The van der Waals surface area contributed by atoms with E-state index in [0.717, 1.165) is 36.5 Å². The third kappa shape index (κ3) is 4.70. The highest BCUT2D eigenvalue weighted by Gasteiger charge is 2.32. The van der Waals surface area contributed by atoms with Gasteiger partial charge in [0.2, 0.25) is 5.82 Å². The lowest BCUT2D eigenvalue weighted by molar-refractivity contribution is 0.155. The zero-order chi connectivity index (χ0) is 20.4. The Bertz CT molecular complexity index is 740. The number of allylic oxidation sites excluding steroid dienone is 1. The minimum absolute atomic E-state index is 0.0707. The zero-order valence-electron chi connectivity index (χ0n) is 18.1. The van der Waals surface area contributed by atoms with E-state index in [1.807, 2.05) is 0 Å². The average molecular weight is 403 g/mol. The molecule has 1 nitrogen and oxygen atoms in total. The molecule has 0 N–H and O–H groups in total. The van der Waals surface area contributed by atoms with Gasteiger partial charge < -0.3 is 4.74 Å². The lowest BCUT2D eigenvalue weighted by atomic mass is 9.69. The molecule has 3 aliphatic carbocycles. The van der Waals surface area contributed by atoms with E-state index >= 15 is 0 Å². The topological polar surface area (TPSA) is 9.23 Å². The van der Waals surface area contributed by atoms with Crippen molar-refractivity contribution in [3.05, 3.63) is 40.5 Å². The fourth-order valence-corrected chi connectivity index (χ4v) is 6.23. The van der Waals surface area contributed by atoms with Crippen LogP contribution >= 0.6 is 0 Å². The number of aryl methyl sites for hydroxylation is 2. The van der Waals surface area contributed by atoms with Crippen LogP contribution in [0.4, 0.5) is 8.78 Å². The molecule has 0 saturated heterocycles. The van der Waals surface area contributed by atoms with Crippen molar-refractivity contribution in [2.45, 2.75) is 84.5 Å². The normalized spacial score (nSPS) is 28.4. The molecule has 0 radical (unpaired) electrons. The van der Waals surface area contributed by atoms with Crippen molar-refractivity contribution in [3.8, 4) is 5.75 Å². The standard InChI is InChI=1S/C26H36F2O/c1-17-15-18(2)26(25(28)24(17)27)29-16-19-7-9-21(10-8-19)23-13-11-22(12-14-23)20-5-3-4-6-20/h7,15,20-23H,3-6,8-14,16H2,1-2H3. The highest BCUT2D eigenvalue weighted by Crippen LogP contribution is 2.45. The molecule has 3 heteroatoms. The summed E-state index contributed by atoms with van der Waals surface area (Å²) in [5.74, 6) is 2.15. The van der Waals surface area contributed by atoms with Crippen molar-refractivity contribution in [3.63, 3.8) is 0 Å². The van der Waals surface area contributed by atoms with E-state index in [9.17, 15) is 8.78 Å². The Hall–Kier alpha value is -1.38. The zero-order valence-corrected chi connectivity index (χ0v) is 18.1. The summed E-state index contributed by atoms with van der Waals surface area (Å²) in [6.07, 6.45) is 17.3. The highest BCUT2D eigenvalue weighted by atomic mass is 19.2. The molecule has 4 rings (SSSR count). The largest absolute Gasteiger partial charge is 0.486 e. The van der Waals surface area contributed by atoms with Crippen molar-refractivity contribution < 1.29 is 13.5 Å². The predicted molar refractivity (Wildman–Crippen MR) is 114 cm³/mol. The fraction of sp³-hybridized carbons (Fsp3) is 0.692. The smallest absolute Gasteiger partial charge is 0.201 e. The highest BCUT2D eigenvalue weighted by molar-refractivity contribution is 5.38. The van der Waals surface area contributed by atoms with Crippen LogP contribution in [0.5, 0.6) is 5.75 Å². The summed E-state index contributed by atoms with van der Waals surface area (Å²) >= 11 is 0. The van der Waals surface area contributed by atoms with Crippen LogP contribution in [0.3, 0.4) is 0 Å². The Morgan fingerprint density at radius 3 is 2.03 bits per heavy atom. The van der Waals surface area contributed by atoms with Crippen LogP contribution in [0.25, 0.3) is 0 Å². The first-order chi connectivity index (χ1) is 14.0. The van der Waals surface area contributed by atoms with Crippen LogP contribution in [0, 0.1) is 49.2 Å². The van der Waals surface area contributed by atoms with E-state index in [1.165, 1.54) is 63.4 Å².